The molecule has 1 atom stereocenters. The lowest BCUT2D eigenvalue weighted by Crippen LogP contribution is -2.55. The van der Waals surface area contributed by atoms with Crippen LogP contribution in [0.5, 0.6) is 11.6 Å². The first kappa shape index (κ1) is 20.8. The van der Waals surface area contributed by atoms with Crippen LogP contribution in [0.25, 0.3) is 0 Å². The van der Waals surface area contributed by atoms with Gasteiger partial charge in [0.05, 0.1) is 5.02 Å². The fraction of sp³-hybridized carbons (Fsp3) is 0.500. The number of rotatable bonds is 4. The van der Waals surface area contributed by atoms with E-state index in [9.17, 15) is 9.18 Å². The van der Waals surface area contributed by atoms with E-state index in [0.29, 0.717) is 37.2 Å². The van der Waals surface area contributed by atoms with Crippen LogP contribution in [0.4, 0.5) is 10.2 Å². The van der Waals surface area contributed by atoms with Crippen LogP contribution in [0.3, 0.4) is 0 Å². The molecule has 0 spiro atoms. The van der Waals surface area contributed by atoms with Gasteiger partial charge in [-0.15, -0.1) is 0 Å². The van der Waals surface area contributed by atoms with Crippen LogP contribution < -0.4 is 9.64 Å². The SMILES string of the molecule is C[C@H]1CN(c2cc(Oc3ccc(F)cc3Cl)ncn2)CCN1C(=O)C1CCCCC1. The molecule has 4 rings (SSSR count). The smallest absolute Gasteiger partial charge is 0.226 e. The summed E-state index contributed by atoms with van der Waals surface area (Å²) in [4.78, 5) is 25.6. The maximum Gasteiger partial charge on any atom is 0.226 e. The van der Waals surface area contributed by atoms with Gasteiger partial charge in [-0.2, -0.15) is 0 Å². The van der Waals surface area contributed by atoms with Gasteiger partial charge in [-0.25, -0.2) is 14.4 Å². The molecule has 1 amide bonds. The predicted molar refractivity (Wildman–Crippen MR) is 113 cm³/mol. The van der Waals surface area contributed by atoms with Crippen LogP contribution in [0.1, 0.15) is 39.0 Å². The Balaban J connectivity index is 1.41. The number of piperazine rings is 1. The standard InChI is InChI=1S/C22H26ClFN4O2/c1-15-13-27(9-10-28(15)22(29)16-5-3-2-4-6-16)20-12-21(26-14-25-20)30-19-8-7-17(24)11-18(19)23/h7-8,11-12,14-16H,2-6,9-10,13H2,1H3/t15-/m0/s1. The van der Waals surface area contributed by atoms with Crippen molar-refractivity contribution >= 4 is 23.3 Å². The summed E-state index contributed by atoms with van der Waals surface area (Å²) in [7, 11) is 0. The molecule has 1 aliphatic heterocycles. The van der Waals surface area contributed by atoms with Crippen molar-refractivity contribution in [2.75, 3.05) is 24.5 Å². The summed E-state index contributed by atoms with van der Waals surface area (Å²) in [5, 5.41) is 0.179. The summed E-state index contributed by atoms with van der Waals surface area (Å²) in [6.45, 7) is 4.17. The molecular weight excluding hydrogens is 407 g/mol. The largest absolute Gasteiger partial charge is 0.437 e. The second-order valence-electron chi connectivity index (χ2n) is 8.05. The van der Waals surface area contributed by atoms with E-state index in [4.69, 9.17) is 16.3 Å². The van der Waals surface area contributed by atoms with Gasteiger partial charge in [-0.1, -0.05) is 30.9 Å². The Labute approximate surface area is 181 Å². The minimum absolute atomic E-state index is 0.110. The van der Waals surface area contributed by atoms with Crippen LogP contribution in [0.15, 0.2) is 30.6 Å². The van der Waals surface area contributed by atoms with E-state index in [1.807, 2.05) is 4.90 Å². The Bertz CT molecular complexity index is 906. The Morgan fingerprint density at radius 3 is 2.70 bits per heavy atom. The molecule has 1 aliphatic carbocycles. The molecule has 1 saturated carbocycles. The zero-order chi connectivity index (χ0) is 21.1. The lowest BCUT2D eigenvalue weighted by Gasteiger charge is -2.42. The average molecular weight is 433 g/mol. The van der Waals surface area contributed by atoms with Crippen LogP contribution in [-0.4, -0.2) is 46.5 Å². The highest BCUT2D eigenvalue weighted by atomic mass is 35.5. The summed E-state index contributed by atoms with van der Waals surface area (Å²) in [6.07, 6.45) is 7.04. The second kappa shape index (κ2) is 9.16. The third-order valence-electron chi connectivity index (χ3n) is 5.92. The zero-order valence-electron chi connectivity index (χ0n) is 17.1. The quantitative estimate of drug-likeness (QED) is 0.702. The van der Waals surface area contributed by atoms with Crippen molar-refractivity contribution in [3.05, 3.63) is 41.4 Å². The Hall–Kier alpha value is -2.41. The molecule has 1 aromatic carbocycles. The van der Waals surface area contributed by atoms with Gasteiger partial charge < -0.3 is 14.5 Å². The molecule has 1 aromatic heterocycles. The molecule has 2 aromatic rings. The number of nitrogens with zero attached hydrogens (tertiary/aromatic N) is 4. The number of amides is 1. The second-order valence-corrected chi connectivity index (χ2v) is 8.46. The third kappa shape index (κ3) is 4.67. The Kier molecular flexibility index (Phi) is 6.37. The van der Waals surface area contributed by atoms with Crippen molar-refractivity contribution in [1.82, 2.24) is 14.9 Å². The summed E-state index contributed by atoms with van der Waals surface area (Å²) < 4.78 is 19.0. The Morgan fingerprint density at radius 1 is 1.17 bits per heavy atom. The molecule has 0 unspecified atom stereocenters. The van der Waals surface area contributed by atoms with E-state index < -0.39 is 5.82 Å². The maximum absolute atomic E-state index is 13.2. The van der Waals surface area contributed by atoms with E-state index >= 15 is 0 Å². The molecule has 2 fully saturated rings. The Morgan fingerprint density at radius 2 is 1.97 bits per heavy atom. The van der Waals surface area contributed by atoms with E-state index in [2.05, 4.69) is 21.8 Å². The minimum atomic E-state index is -0.426. The number of anilines is 1. The highest BCUT2D eigenvalue weighted by Gasteiger charge is 2.32. The van der Waals surface area contributed by atoms with Gasteiger partial charge in [0.2, 0.25) is 11.8 Å². The van der Waals surface area contributed by atoms with E-state index in [1.165, 1.54) is 30.9 Å². The lowest BCUT2D eigenvalue weighted by atomic mass is 9.88. The molecule has 1 saturated heterocycles. The number of carbonyl (C=O) groups is 1. The molecule has 0 N–H and O–H groups in total. The highest BCUT2D eigenvalue weighted by Crippen LogP contribution is 2.31. The number of halogens is 2. The molecule has 160 valence electrons. The normalized spacial score (nSPS) is 20.3. The van der Waals surface area contributed by atoms with Gasteiger partial charge in [-0.05, 0) is 38.0 Å². The molecule has 2 heterocycles. The summed E-state index contributed by atoms with van der Waals surface area (Å²) >= 11 is 6.04. The van der Waals surface area contributed by atoms with Crippen molar-refractivity contribution < 1.29 is 13.9 Å². The van der Waals surface area contributed by atoms with E-state index in [-0.39, 0.29) is 17.0 Å². The summed E-state index contributed by atoms with van der Waals surface area (Å²) in [6, 6.07) is 5.80. The predicted octanol–water partition coefficient (Wildman–Crippen LogP) is 4.68. The van der Waals surface area contributed by atoms with Crippen LogP contribution in [-0.2, 0) is 4.79 Å². The first-order valence-corrected chi connectivity index (χ1v) is 10.9. The summed E-state index contributed by atoms with van der Waals surface area (Å²) in [5.74, 6) is 1.47. The van der Waals surface area contributed by atoms with Gasteiger partial charge in [0.15, 0.2) is 0 Å². The fourth-order valence-corrected chi connectivity index (χ4v) is 4.51. The molecule has 6 nitrogen and oxygen atoms in total. The maximum atomic E-state index is 13.2. The fourth-order valence-electron chi connectivity index (χ4n) is 4.31. The topological polar surface area (TPSA) is 58.6 Å². The van der Waals surface area contributed by atoms with Crippen molar-refractivity contribution in [3.8, 4) is 11.6 Å². The van der Waals surface area contributed by atoms with Gasteiger partial charge in [0.25, 0.3) is 0 Å². The number of benzene rings is 1. The van der Waals surface area contributed by atoms with Gasteiger partial charge in [0, 0.05) is 37.7 Å². The molecule has 2 aliphatic rings. The molecule has 30 heavy (non-hydrogen) atoms. The van der Waals surface area contributed by atoms with Crippen molar-refractivity contribution in [2.45, 2.75) is 45.1 Å². The van der Waals surface area contributed by atoms with Gasteiger partial charge in [-0.3, -0.25) is 4.79 Å². The van der Waals surface area contributed by atoms with E-state index in [1.54, 1.807) is 6.07 Å². The number of ether oxygens (including phenoxy) is 1. The average Bonchev–Trinajstić information content (AvgIpc) is 2.76. The number of carbonyl (C=O) groups excluding carboxylic acids is 1. The van der Waals surface area contributed by atoms with Crippen LogP contribution >= 0.6 is 11.6 Å². The van der Waals surface area contributed by atoms with Gasteiger partial charge >= 0.3 is 0 Å². The van der Waals surface area contributed by atoms with E-state index in [0.717, 1.165) is 31.5 Å². The lowest BCUT2D eigenvalue weighted by molar-refractivity contribution is -0.139. The summed E-state index contributed by atoms with van der Waals surface area (Å²) in [5.41, 5.74) is 0. The minimum Gasteiger partial charge on any atom is -0.437 e. The molecule has 0 radical (unpaired) electrons. The molecule has 8 heteroatoms. The van der Waals surface area contributed by atoms with Crippen molar-refractivity contribution in [1.29, 1.82) is 0 Å². The van der Waals surface area contributed by atoms with Gasteiger partial charge in [0.1, 0.15) is 23.7 Å². The van der Waals surface area contributed by atoms with Crippen molar-refractivity contribution in [3.63, 3.8) is 0 Å². The zero-order valence-corrected chi connectivity index (χ0v) is 17.8. The van der Waals surface area contributed by atoms with Crippen LogP contribution in [0, 0.1) is 11.7 Å². The molecular formula is C22H26ClFN4O2. The number of hydrogen-bond acceptors (Lipinski definition) is 5. The molecule has 0 bridgehead atoms. The van der Waals surface area contributed by atoms with Crippen molar-refractivity contribution in [2.24, 2.45) is 5.92 Å². The highest BCUT2D eigenvalue weighted by molar-refractivity contribution is 6.32. The monoisotopic (exact) mass is 432 g/mol. The number of aromatic nitrogens is 2. The first-order valence-electron chi connectivity index (χ1n) is 10.5. The van der Waals surface area contributed by atoms with Crippen LogP contribution in [0.2, 0.25) is 5.02 Å². The first-order chi connectivity index (χ1) is 14.5. The third-order valence-corrected chi connectivity index (χ3v) is 6.22. The number of hydrogen-bond donors (Lipinski definition) is 0.